The SMILES string of the molecule is Cc1c(-c2ccc(N3CCc4cccc(C(=O)Nc5nc6ccccc6s5)c4C3)nc2OC(=O)O)cnn1CC1(OCCS(C)(=O)=O)CCCCCCC1. The second-order valence-electron chi connectivity index (χ2n) is 14.2. The van der Waals surface area contributed by atoms with E-state index in [-0.39, 0.29) is 24.1 Å². The number of benzene rings is 2. The number of carboxylic acid groups (broad SMARTS) is 1. The van der Waals surface area contributed by atoms with Crippen LogP contribution < -0.4 is 15.0 Å². The number of ether oxygens (including phenoxy) is 2. The number of anilines is 2. The van der Waals surface area contributed by atoms with Crippen LogP contribution in [0.15, 0.2) is 60.8 Å². The maximum Gasteiger partial charge on any atom is 0.512 e. The fourth-order valence-electron chi connectivity index (χ4n) is 7.50. The number of amides is 1. The maximum atomic E-state index is 13.6. The lowest BCUT2D eigenvalue weighted by atomic mass is 9.86. The van der Waals surface area contributed by atoms with Crippen LogP contribution in [0.3, 0.4) is 0 Å². The van der Waals surface area contributed by atoms with Crippen molar-refractivity contribution in [1.29, 1.82) is 0 Å². The van der Waals surface area contributed by atoms with Crippen LogP contribution in [0, 0.1) is 6.92 Å². The summed E-state index contributed by atoms with van der Waals surface area (Å²) in [6.07, 6.45) is 8.96. The van der Waals surface area contributed by atoms with E-state index in [1.807, 2.05) is 59.0 Å². The molecule has 1 fully saturated rings. The largest absolute Gasteiger partial charge is 0.512 e. The zero-order chi connectivity index (χ0) is 37.9. The van der Waals surface area contributed by atoms with Gasteiger partial charge in [0.15, 0.2) is 5.13 Å². The third-order valence-electron chi connectivity index (χ3n) is 10.3. The number of hydrogen-bond acceptors (Lipinski definition) is 11. The van der Waals surface area contributed by atoms with E-state index in [1.54, 1.807) is 18.3 Å². The van der Waals surface area contributed by atoms with Crippen LogP contribution in [0.1, 0.15) is 72.1 Å². The average molecular weight is 773 g/mol. The van der Waals surface area contributed by atoms with Gasteiger partial charge in [0.1, 0.15) is 15.7 Å². The Hall–Kier alpha value is -4.86. The van der Waals surface area contributed by atoms with Gasteiger partial charge in [-0.3, -0.25) is 14.8 Å². The van der Waals surface area contributed by atoms with Gasteiger partial charge in [0.25, 0.3) is 5.91 Å². The molecule has 0 unspecified atom stereocenters. The second-order valence-corrected chi connectivity index (χ2v) is 17.5. The average Bonchev–Trinajstić information content (AvgIpc) is 3.70. The summed E-state index contributed by atoms with van der Waals surface area (Å²) >= 11 is 1.42. The molecule has 2 aromatic carbocycles. The number of carbonyl (C=O) groups is 2. The summed E-state index contributed by atoms with van der Waals surface area (Å²) < 4.78 is 38.4. The van der Waals surface area contributed by atoms with Crippen molar-refractivity contribution in [3.63, 3.8) is 0 Å². The minimum absolute atomic E-state index is 0.0483. The summed E-state index contributed by atoms with van der Waals surface area (Å²) in [5.74, 6) is 0.147. The third kappa shape index (κ3) is 8.58. The van der Waals surface area contributed by atoms with E-state index in [9.17, 15) is 23.1 Å². The molecule has 54 heavy (non-hydrogen) atoms. The highest BCUT2D eigenvalue weighted by Crippen LogP contribution is 2.37. The Morgan fingerprint density at radius 2 is 1.76 bits per heavy atom. The molecule has 1 aliphatic heterocycles. The van der Waals surface area contributed by atoms with Gasteiger partial charge in [-0.05, 0) is 67.6 Å². The highest BCUT2D eigenvalue weighted by molar-refractivity contribution is 7.90. The van der Waals surface area contributed by atoms with Crippen molar-refractivity contribution in [2.75, 3.05) is 35.4 Å². The molecule has 284 valence electrons. The van der Waals surface area contributed by atoms with Gasteiger partial charge in [-0.2, -0.15) is 10.1 Å². The van der Waals surface area contributed by atoms with Gasteiger partial charge in [-0.25, -0.2) is 18.2 Å². The van der Waals surface area contributed by atoms with Gasteiger partial charge in [-0.15, -0.1) is 0 Å². The standard InChI is InChI=1S/C39H44N6O7S2/c1-26-30(23-40-45(26)25-39(51-21-22-54(2,49)50)18-8-4-3-5-9-19-39)29-15-16-34(42-36(29)52-38(47)48)44-20-17-27-11-10-12-28(31(27)24-44)35(46)43-37-41-32-13-6-7-14-33(32)53-37/h6-7,10-16,23H,3-5,8-9,17-22,24-25H2,1-2H3,(H,47,48)(H,41,43,46). The van der Waals surface area contributed by atoms with Crippen LogP contribution in [0.5, 0.6) is 5.88 Å². The van der Waals surface area contributed by atoms with Crippen LogP contribution in [-0.4, -0.2) is 76.1 Å². The number of sulfone groups is 1. The number of nitrogens with one attached hydrogen (secondary N) is 1. The summed E-state index contributed by atoms with van der Waals surface area (Å²) in [4.78, 5) is 36.8. The normalized spacial score (nSPS) is 16.0. The molecule has 4 heterocycles. The van der Waals surface area contributed by atoms with E-state index in [4.69, 9.17) is 19.6 Å². The molecule has 3 aromatic heterocycles. The lowest BCUT2D eigenvalue weighted by Crippen LogP contribution is -2.40. The maximum absolute atomic E-state index is 13.6. The highest BCUT2D eigenvalue weighted by Gasteiger charge is 2.34. The first-order chi connectivity index (χ1) is 26.0. The molecule has 0 saturated heterocycles. The number of fused-ring (bicyclic) bond motifs is 2. The molecule has 0 radical (unpaired) electrons. The number of thiazole rings is 1. The summed E-state index contributed by atoms with van der Waals surface area (Å²) in [7, 11) is -3.18. The van der Waals surface area contributed by atoms with Crippen molar-refractivity contribution in [3.05, 3.63) is 83.2 Å². The smallest absolute Gasteiger partial charge is 0.449 e. The molecule has 7 rings (SSSR count). The minimum atomic E-state index is -3.18. The monoisotopic (exact) mass is 772 g/mol. The van der Waals surface area contributed by atoms with Crippen molar-refractivity contribution >= 4 is 54.4 Å². The first-order valence-electron chi connectivity index (χ1n) is 18.3. The summed E-state index contributed by atoms with van der Waals surface area (Å²) in [6, 6.07) is 17.1. The van der Waals surface area contributed by atoms with Crippen LogP contribution in [0.2, 0.25) is 0 Å². The third-order valence-corrected chi connectivity index (χ3v) is 12.2. The Balaban J connectivity index is 1.13. The fraction of sp³-hybridized carbons (Fsp3) is 0.410. The number of hydrogen-bond donors (Lipinski definition) is 2. The van der Waals surface area contributed by atoms with Crippen molar-refractivity contribution in [2.45, 2.75) is 77.0 Å². The Labute approximate surface area is 318 Å². The van der Waals surface area contributed by atoms with Crippen LogP contribution >= 0.6 is 11.3 Å². The fourth-order valence-corrected chi connectivity index (χ4v) is 8.75. The highest BCUT2D eigenvalue weighted by atomic mass is 32.2. The van der Waals surface area contributed by atoms with Gasteiger partial charge in [0.05, 0.1) is 40.9 Å². The Morgan fingerprint density at radius 1 is 0.981 bits per heavy atom. The van der Waals surface area contributed by atoms with Gasteiger partial charge < -0.3 is 19.5 Å². The van der Waals surface area contributed by atoms with E-state index in [0.29, 0.717) is 53.7 Å². The molecular formula is C39H44N6O7S2. The first-order valence-corrected chi connectivity index (χ1v) is 21.1. The molecule has 1 amide bonds. The van der Waals surface area contributed by atoms with E-state index >= 15 is 0 Å². The number of aromatic nitrogens is 4. The second kappa shape index (κ2) is 15.9. The molecule has 0 bridgehead atoms. The molecule has 2 N–H and O–H groups in total. The van der Waals surface area contributed by atoms with Gasteiger partial charge in [-0.1, -0.05) is 67.7 Å². The summed E-state index contributed by atoms with van der Waals surface area (Å²) in [5, 5.41) is 17.9. The molecule has 5 aromatic rings. The zero-order valence-electron chi connectivity index (χ0n) is 30.4. The Morgan fingerprint density at radius 3 is 2.52 bits per heavy atom. The van der Waals surface area contributed by atoms with E-state index in [0.717, 1.165) is 65.6 Å². The van der Waals surface area contributed by atoms with Gasteiger partial charge in [0, 0.05) is 41.7 Å². The number of carbonyl (C=O) groups excluding carboxylic acids is 1. The molecule has 1 saturated carbocycles. The Bertz CT molecular complexity index is 2240. The first kappa shape index (κ1) is 37.5. The molecule has 13 nitrogen and oxygen atoms in total. The number of para-hydroxylation sites is 1. The molecule has 0 atom stereocenters. The number of nitrogens with zero attached hydrogens (tertiary/aromatic N) is 5. The molecule has 0 spiro atoms. The lowest BCUT2D eigenvalue weighted by molar-refractivity contribution is -0.0703. The topological polar surface area (TPSA) is 166 Å². The quantitative estimate of drug-likeness (QED) is 0.130. The number of pyridine rings is 1. The molecule has 15 heteroatoms. The van der Waals surface area contributed by atoms with Crippen molar-refractivity contribution in [1.82, 2.24) is 19.7 Å². The zero-order valence-corrected chi connectivity index (χ0v) is 32.0. The van der Waals surface area contributed by atoms with Crippen LogP contribution in [-0.2, 0) is 34.1 Å². The van der Waals surface area contributed by atoms with E-state index in [1.165, 1.54) is 24.0 Å². The minimum Gasteiger partial charge on any atom is -0.449 e. The summed E-state index contributed by atoms with van der Waals surface area (Å²) in [5.41, 5.74) is 4.65. The van der Waals surface area contributed by atoms with E-state index in [2.05, 4.69) is 10.3 Å². The summed E-state index contributed by atoms with van der Waals surface area (Å²) in [6.45, 7) is 3.45. The Kier molecular flexibility index (Phi) is 11.0. The van der Waals surface area contributed by atoms with Crippen LogP contribution in [0.4, 0.5) is 15.7 Å². The lowest BCUT2D eigenvalue weighted by Gasteiger charge is -2.36. The van der Waals surface area contributed by atoms with Gasteiger partial charge in [0.2, 0.25) is 5.88 Å². The van der Waals surface area contributed by atoms with Crippen molar-refractivity contribution in [3.8, 4) is 17.0 Å². The van der Waals surface area contributed by atoms with Crippen molar-refractivity contribution < 1.29 is 32.6 Å². The van der Waals surface area contributed by atoms with E-state index < -0.39 is 21.6 Å². The molecular weight excluding hydrogens is 729 g/mol. The van der Waals surface area contributed by atoms with Crippen LogP contribution in [0.25, 0.3) is 21.3 Å². The van der Waals surface area contributed by atoms with Crippen molar-refractivity contribution in [2.24, 2.45) is 0 Å². The number of rotatable bonds is 11. The van der Waals surface area contributed by atoms with Gasteiger partial charge >= 0.3 is 6.16 Å². The predicted octanol–water partition coefficient (Wildman–Crippen LogP) is 7.28. The predicted molar refractivity (Wildman–Crippen MR) is 208 cm³/mol. The molecule has 2 aliphatic rings. The molecule has 1 aliphatic carbocycles.